The van der Waals surface area contributed by atoms with Crippen molar-refractivity contribution < 1.29 is 19.4 Å². The number of hydrogen-bond acceptors (Lipinski definition) is 6. The molecule has 0 radical (unpaired) electrons. The molecule has 2 aliphatic heterocycles. The van der Waals surface area contributed by atoms with Gasteiger partial charge in [-0.1, -0.05) is 73.7 Å². The minimum absolute atomic E-state index is 0.0480. The van der Waals surface area contributed by atoms with Gasteiger partial charge in [0.05, 0.1) is 66.7 Å². The summed E-state index contributed by atoms with van der Waals surface area (Å²) >= 11 is 0. The van der Waals surface area contributed by atoms with Gasteiger partial charge in [-0.2, -0.15) is 0 Å². The molecule has 0 aliphatic carbocycles. The van der Waals surface area contributed by atoms with Gasteiger partial charge in [0.25, 0.3) is 17.0 Å². The van der Waals surface area contributed by atoms with Crippen LogP contribution in [-0.4, -0.2) is 58.5 Å². The molecule has 1 fully saturated rings. The first-order valence-electron chi connectivity index (χ1n) is 19.0. The van der Waals surface area contributed by atoms with Gasteiger partial charge < -0.3 is 19.5 Å². The van der Waals surface area contributed by atoms with Gasteiger partial charge in [0.15, 0.2) is 5.60 Å². The van der Waals surface area contributed by atoms with E-state index >= 15 is 4.79 Å². The first-order valence-corrected chi connectivity index (χ1v) is 22.0. The lowest BCUT2D eigenvalue weighted by Crippen LogP contribution is -2.51. The van der Waals surface area contributed by atoms with Crippen LogP contribution in [-0.2, 0) is 21.7 Å². The molecule has 5 aromatic carbocycles. The summed E-state index contributed by atoms with van der Waals surface area (Å²) in [7, 11) is -0.755. The Kier molecular flexibility index (Phi) is 8.53. The van der Waals surface area contributed by atoms with E-state index in [1.54, 1.807) is 24.1 Å². The Balaban J connectivity index is 1.15. The van der Waals surface area contributed by atoms with Crippen LogP contribution in [0.3, 0.4) is 0 Å². The highest BCUT2D eigenvalue weighted by Gasteiger charge is 2.66. The molecule has 0 saturated carbocycles. The predicted molar refractivity (Wildman–Crippen MR) is 220 cm³/mol. The van der Waals surface area contributed by atoms with Gasteiger partial charge in [-0.15, -0.1) is 0 Å². The summed E-state index contributed by atoms with van der Waals surface area (Å²) in [5, 5.41) is 19.2. The van der Waals surface area contributed by atoms with E-state index in [0.29, 0.717) is 45.3 Å². The van der Waals surface area contributed by atoms with Crippen LogP contribution in [0.2, 0.25) is 18.6 Å². The third-order valence-corrected chi connectivity index (χ3v) is 16.6. The zero-order valence-electron chi connectivity index (χ0n) is 31.7. The van der Waals surface area contributed by atoms with E-state index in [1.165, 1.54) is 14.6 Å². The zero-order chi connectivity index (χ0) is 38.9. The second-order valence-corrected chi connectivity index (χ2v) is 20.2. The van der Waals surface area contributed by atoms with E-state index in [9.17, 15) is 14.7 Å². The molecule has 7 aromatic rings. The molecule has 3 N–H and O–H groups in total. The first-order chi connectivity index (χ1) is 27.1. The van der Waals surface area contributed by atoms with Crippen molar-refractivity contribution in [2.75, 3.05) is 18.6 Å². The molecular formula is C44H43N5O6Si. The minimum Gasteiger partial charge on any atom is -0.497 e. The number of methoxy groups -OCH3 is 1. The van der Waals surface area contributed by atoms with Crippen LogP contribution in [0.5, 0.6) is 5.75 Å². The van der Waals surface area contributed by atoms with Crippen LogP contribution in [0, 0.1) is 5.92 Å². The molecule has 4 heterocycles. The Morgan fingerprint density at radius 2 is 1.38 bits per heavy atom. The molecular weight excluding hydrogens is 723 g/mol. The number of aliphatic hydroxyl groups excluding tert-OH is 1. The first kappa shape index (κ1) is 35.7. The van der Waals surface area contributed by atoms with E-state index in [4.69, 9.17) is 9.47 Å². The number of hydrogen-bond donors (Lipinski definition) is 3. The van der Waals surface area contributed by atoms with Gasteiger partial charge in [0, 0.05) is 18.1 Å². The lowest BCUT2D eigenvalue weighted by Gasteiger charge is -2.37. The Labute approximate surface area is 323 Å². The van der Waals surface area contributed by atoms with E-state index in [2.05, 4.69) is 42.3 Å². The van der Waals surface area contributed by atoms with Crippen LogP contribution in [0.4, 0.5) is 5.69 Å². The second kappa shape index (κ2) is 13.4. The predicted octanol–water partition coefficient (Wildman–Crippen LogP) is 6.10. The number of ether oxygens (including phenoxy) is 2. The van der Waals surface area contributed by atoms with Crippen LogP contribution in [0.15, 0.2) is 125 Å². The minimum atomic E-state index is -2.41. The molecule has 2 aliphatic rings. The molecule has 4 atom stereocenters. The number of rotatable bonds is 9. The highest BCUT2D eigenvalue weighted by atomic mass is 28.3. The summed E-state index contributed by atoms with van der Waals surface area (Å²) in [5.74, 6) is 0.307. The maximum absolute atomic E-state index is 15.3. The molecule has 1 spiro atoms. The Bertz CT molecular complexity index is 2750. The fourth-order valence-corrected chi connectivity index (χ4v) is 13.5. The summed E-state index contributed by atoms with van der Waals surface area (Å²) < 4.78 is 15.7. The fraction of sp³-hybridized carbons (Fsp3) is 0.250. The molecule has 9 rings (SSSR count). The number of para-hydroxylation sites is 2. The molecule has 11 nitrogen and oxygen atoms in total. The number of aromatic amines is 2. The van der Waals surface area contributed by atoms with Crippen LogP contribution >= 0.6 is 0 Å². The number of carbonyl (C=O) groups is 1. The van der Waals surface area contributed by atoms with Crippen molar-refractivity contribution in [1.82, 2.24) is 19.6 Å². The number of nitrogens with one attached hydrogen (secondary N) is 2. The van der Waals surface area contributed by atoms with Gasteiger partial charge >= 0.3 is 0 Å². The topological polar surface area (TPSA) is 135 Å². The number of nitrogens with zero attached hydrogens (tertiary/aromatic N) is 3. The Morgan fingerprint density at radius 3 is 1.96 bits per heavy atom. The number of amides is 1. The van der Waals surface area contributed by atoms with E-state index in [0.717, 1.165) is 16.8 Å². The molecule has 56 heavy (non-hydrogen) atoms. The molecule has 0 bridgehead atoms. The number of aliphatic hydroxyl groups is 1. The summed E-state index contributed by atoms with van der Waals surface area (Å²) in [6.45, 7) is 6.90. The average molecular weight is 766 g/mol. The number of anilines is 1. The molecule has 2 aromatic heterocycles. The quantitative estimate of drug-likeness (QED) is 0.152. The highest BCUT2D eigenvalue weighted by molar-refractivity contribution is 6.91. The summed E-state index contributed by atoms with van der Waals surface area (Å²) in [5.41, 5.74) is 3.27. The standard InChI is InChI=1S/C44H43N5O6Si/c1-27-40(56(3,4)32-20-18-31(54-2)19-21-32)39(23-24-50)55-44(27)35-25-30(49-42(52)34-10-6-8-12-37(34)46-49)17-22-38(35)47(43(44)53)26-28-13-15-29(16-14-28)48-41(51)33-9-5-7-11-36(33)45-48/h5-22,25,27,39-40,45-46,50H,23-24,26H2,1-4H3/t27-,39+,40-,44+/m1/s1. The highest BCUT2D eigenvalue weighted by Crippen LogP contribution is 2.60. The lowest BCUT2D eigenvalue weighted by molar-refractivity contribution is -0.146. The fourth-order valence-electron chi connectivity index (χ4n) is 9.41. The Morgan fingerprint density at radius 1 is 0.786 bits per heavy atom. The largest absolute Gasteiger partial charge is 0.497 e. The Hall–Kier alpha value is -5.95. The van der Waals surface area contributed by atoms with Crippen molar-refractivity contribution in [1.29, 1.82) is 0 Å². The van der Waals surface area contributed by atoms with Gasteiger partial charge in [-0.05, 0) is 84.3 Å². The van der Waals surface area contributed by atoms with Gasteiger partial charge in [-0.3, -0.25) is 24.6 Å². The van der Waals surface area contributed by atoms with Gasteiger partial charge in [0.1, 0.15) is 5.75 Å². The van der Waals surface area contributed by atoms with Crippen molar-refractivity contribution >= 4 is 46.7 Å². The summed E-state index contributed by atoms with van der Waals surface area (Å²) in [6.07, 6.45) is -0.0225. The third kappa shape index (κ3) is 5.35. The second-order valence-electron chi connectivity index (χ2n) is 15.5. The number of fused-ring (bicyclic) bond motifs is 4. The summed E-state index contributed by atoms with van der Waals surface area (Å²) in [4.78, 5) is 44.0. The van der Waals surface area contributed by atoms with E-state index in [-0.39, 0.29) is 41.6 Å². The average Bonchev–Trinajstić information content (AvgIpc) is 3.90. The van der Waals surface area contributed by atoms with Crippen molar-refractivity contribution in [2.24, 2.45) is 5.92 Å². The van der Waals surface area contributed by atoms with Crippen LogP contribution in [0.1, 0.15) is 24.5 Å². The number of carbonyl (C=O) groups excluding carboxylic acids is 1. The number of benzene rings is 5. The number of aromatic nitrogens is 4. The molecule has 1 saturated heterocycles. The molecule has 0 unspecified atom stereocenters. The monoisotopic (exact) mass is 765 g/mol. The smallest absolute Gasteiger partial charge is 0.279 e. The molecule has 1 amide bonds. The van der Waals surface area contributed by atoms with Crippen molar-refractivity contribution in [3.63, 3.8) is 0 Å². The normalized spacial score (nSPS) is 20.8. The lowest BCUT2D eigenvalue weighted by atomic mass is 9.82. The summed E-state index contributed by atoms with van der Waals surface area (Å²) in [6, 6.07) is 36.3. The zero-order valence-corrected chi connectivity index (χ0v) is 32.7. The van der Waals surface area contributed by atoms with E-state index in [1.807, 2.05) is 91.0 Å². The van der Waals surface area contributed by atoms with Crippen molar-refractivity contribution in [2.45, 2.75) is 50.2 Å². The SMILES string of the molecule is COc1ccc([Si](C)(C)[C@H]2[C@H](CCO)O[C@@]3(C(=O)N(Cc4ccc(-n5[nH]c6ccccc6c5=O)cc4)c4ccc(-n5[nH]c6ccccc6c5=O)cc43)[C@@H]2C)cc1. The van der Waals surface area contributed by atoms with Crippen molar-refractivity contribution in [3.05, 3.63) is 147 Å². The van der Waals surface area contributed by atoms with E-state index < -0.39 is 19.8 Å². The number of H-pyrrole nitrogens is 2. The maximum atomic E-state index is 15.3. The molecule has 284 valence electrons. The third-order valence-electron chi connectivity index (χ3n) is 12.2. The van der Waals surface area contributed by atoms with Gasteiger partial charge in [0.2, 0.25) is 0 Å². The van der Waals surface area contributed by atoms with Crippen LogP contribution in [0.25, 0.3) is 33.2 Å². The molecule has 12 heteroatoms. The van der Waals surface area contributed by atoms with Crippen LogP contribution < -0.4 is 25.9 Å². The van der Waals surface area contributed by atoms with Crippen molar-refractivity contribution in [3.8, 4) is 17.1 Å². The van der Waals surface area contributed by atoms with Gasteiger partial charge in [-0.25, -0.2) is 9.36 Å². The maximum Gasteiger partial charge on any atom is 0.279 e.